The number of rotatable bonds is 5. The molecule has 0 amide bonds. The van der Waals surface area contributed by atoms with E-state index >= 15 is 0 Å². The van der Waals surface area contributed by atoms with Gasteiger partial charge in [-0.2, -0.15) is 0 Å². The maximum Gasteiger partial charge on any atom is 0.116 e. The second-order valence-electron chi connectivity index (χ2n) is 3.03. The molecule has 1 fully saturated rings. The van der Waals surface area contributed by atoms with Crippen LogP contribution in [0.1, 0.15) is 25.7 Å². The average Bonchev–Trinajstić information content (AvgIpc) is 2.56. The Morgan fingerprint density at radius 3 is 2.92 bits per heavy atom. The highest BCUT2D eigenvalue weighted by molar-refractivity contribution is 5.02. The highest BCUT2D eigenvalue weighted by atomic mass is 17.2. The van der Waals surface area contributed by atoms with Gasteiger partial charge in [0.25, 0.3) is 0 Å². The van der Waals surface area contributed by atoms with Gasteiger partial charge in [0.2, 0.25) is 0 Å². The summed E-state index contributed by atoms with van der Waals surface area (Å²) in [5.41, 5.74) is 1.08. The minimum atomic E-state index is 0.0868. The number of hydrogen-bond donors (Lipinski definition) is 1. The summed E-state index contributed by atoms with van der Waals surface area (Å²) in [5, 5.41) is 8.56. The highest BCUT2D eigenvalue weighted by Gasteiger charge is 2.19. The van der Waals surface area contributed by atoms with Crippen LogP contribution in [0.4, 0.5) is 0 Å². The van der Waals surface area contributed by atoms with Crippen LogP contribution in [-0.2, 0) is 9.78 Å². The first-order chi connectivity index (χ1) is 5.84. The van der Waals surface area contributed by atoms with Crippen LogP contribution < -0.4 is 0 Å². The van der Waals surface area contributed by atoms with Crippen LogP contribution in [0.3, 0.4) is 0 Å². The molecule has 1 unspecified atom stereocenters. The number of hydrogen-bond acceptors (Lipinski definition) is 3. The summed E-state index contributed by atoms with van der Waals surface area (Å²) in [5.74, 6) is 0. The van der Waals surface area contributed by atoms with Crippen molar-refractivity contribution in [1.29, 1.82) is 0 Å². The molecule has 0 spiro atoms. The fourth-order valence-electron chi connectivity index (χ4n) is 1.23. The molecule has 0 aromatic rings. The molecule has 0 saturated carbocycles. The molecule has 70 valence electrons. The van der Waals surface area contributed by atoms with E-state index in [1.165, 1.54) is 0 Å². The van der Waals surface area contributed by atoms with Gasteiger partial charge < -0.3 is 5.11 Å². The van der Waals surface area contributed by atoms with Crippen LogP contribution >= 0.6 is 0 Å². The minimum absolute atomic E-state index is 0.0868. The smallest absolute Gasteiger partial charge is 0.116 e. The normalized spacial score (nSPS) is 22.9. The van der Waals surface area contributed by atoms with Crippen molar-refractivity contribution in [3.63, 3.8) is 0 Å². The van der Waals surface area contributed by atoms with Crippen molar-refractivity contribution in [2.45, 2.75) is 31.8 Å². The summed E-state index contributed by atoms with van der Waals surface area (Å²) in [4.78, 5) is 9.76. The van der Waals surface area contributed by atoms with E-state index in [9.17, 15) is 0 Å². The lowest BCUT2D eigenvalue weighted by Crippen LogP contribution is -2.07. The lowest BCUT2D eigenvalue weighted by atomic mass is 10.0. The maximum atomic E-state index is 8.56. The van der Waals surface area contributed by atoms with Crippen LogP contribution in [0.15, 0.2) is 12.2 Å². The molecule has 0 aliphatic carbocycles. The van der Waals surface area contributed by atoms with Crippen molar-refractivity contribution in [1.82, 2.24) is 0 Å². The van der Waals surface area contributed by atoms with E-state index in [1.807, 2.05) is 0 Å². The van der Waals surface area contributed by atoms with Crippen molar-refractivity contribution in [3.8, 4) is 0 Å². The second-order valence-corrected chi connectivity index (χ2v) is 3.03. The van der Waals surface area contributed by atoms with Gasteiger partial charge in [-0.15, -0.1) is 0 Å². The Labute approximate surface area is 72.9 Å². The molecule has 1 rings (SSSR count). The molecule has 1 saturated heterocycles. The fraction of sp³-hybridized carbons (Fsp3) is 0.778. The van der Waals surface area contributed by atoms with Gasteiger partial charge in [0.1, 0.15) is 6.10 Å². The first-order valence-electron chi connectivity index (χ1n) is 4.41. The summed E-state index contributed by atoms with van der Waals surface area (Å²) in [6.45, 7) is 4.85. The first-order valence-corrected chi connectivity index (χ1v) is 4.41. The molecular weight excluding hydrogens is 156 g/mol. The first kappa shape index (κ1) is 9.71. The quantitative estimate of drug-likeness (QED) is 0.387. The molecule has 0 radical (unpaired) electrons. The number of aliphatic hydroxyl groups excluding tert-OH is 1. The van der Waals surface area contributed by atoms with E-state index in [0.29, 0.717) is 6.61 Å². The zero-order valence-corrected chi connectivity index (χ0v) is 7.29. The van der Waals surface area contributed by atoms with E-state index in [0.717, 1.165) is 31.3 Å². The summed E-state index contributed by atoms with van der Waals surface area (Å²) in [6.07, 6.45) is 3.75. The van der Waals surface area contributed by atoms with Crippen LogP contribution in [0.2, 0.25) is 0 Å². The van der Waals surface area contributed by atoms with Crippen LogP contribution in [-0.4, -0.2) is 24.4 Å². The van der Waals surface area contributed by atoms with Gasteiger partial charge in [-0.1, -0.05) is 6.58 Å². The Kier molecular flexibility index (Phi) is 4.29. The molecule has 0 bridgehead atoms. The van der Waals surface area contributed by atoms with Crippen LogP contribution in [0.25, 0.3) is 0 Å². The third kappa shape index (κ3) is 2.93. The van der Waals surface area contributed by atoms with E-state index in [2.05, 4.69) is 6.58 Å². The summed E-state index contributed by atoms with van der Waals surface area (Å²) in [7, 11) is 0. The predicted molar refractivity (Wildman–Crippen MR) is 45.5 cm³/mol. The summed E-state index contributed by atoms with van der Waals surface area (Å²) >= 11 is 0. The number of aliphatic hydroxyl groups is 1. The molecule has 0 aromatic heterocycles. The van der Waals surface area contributed by atoms with Gasteiger partial charge >= 0.3 is 0 Å². The average molecular weight is 172 g/mol. The minimum Gasteiger partial charge on any atom is -0.396 e. The standard InChI is InChI=1S/C9H16O3/c1-8(4-2-3-6-10)9-5-7-11-12-9/h9-10H,1-7H2. The third-order valence-electron chi connectivity index (χ3n) is 2.01. The Hall–Kier alpha value is -0.380. The zero-order valence-electron chi connectivity index (χ0n) is 7.29. The third-order valence-corrected chi connectivity index (χ3v) is 2.01. The highest BCUT2D eigenvalue weighted by Crippen LogP contribution is 2.20. The largest absolute Gasteiger partial charge is 0.396 e. The van der Waals surface area contributed by atoms with Gasteiger partial charge in [-0.25, -0.2) is 9.78 Å². The molecule has 3 nitrogen and oxygen atoms in total. The van der Waals surface area contributed by atoms with Crippen molar-refractivity contribution in [2.24, 2.45) is 0 Å². The van der Waals surface area contributed by atoms with Crippen molar-refractivity contribution in [2.75, 3.05) is 13.2 Å². The number of unbranched alkanes of at least 4 members (excludes halogenated alkanes) is 1. The summed E-state index contributed by atoms with van der Waals surface area (Å²) in [6, 6.07) is 0. The van der Waals surface area contributed by atoms with Crippen molar-refractivity contribution in [3.05, 3.63) is 12.2 Å². The SMILES string of the molecule is C=C(CCCCO)C1CCOO1. The van der Waals surface area contributed by atoms with Crippen molar-refractivity contribution >= 4 is 0 Å². The van der Waals surface area contributed by atoms with Gasteiger partial charge in [0.05, 0.1) is 6.61 Å². The molecular formula is C9H16O3. The molecule has 1 atom stereocenters. The molecule has 12 heavy (non-hydrogen) atoms. The molecule has 1 aliphatic heterocycles. The van der Waals surface area contributed by atoms with Gasteiger partial charge in [0, 0.05) is 13.0 Å². The lowest BCUT2D eigenvalue weighted by Gasteiger charge is -2.09. The Morgan fingerprint density at radius 1 is 1.50 bits per heavy atom. The zero-order chi connectivity index (χ0) is 8.81. The van der Waals surface area contributed by atoms with E-state index in [4.69, 9.17) is 14.9 Å². The monoisotopic (exact) mass is 172 g/mol. The predicted octanol–water partition coefficient (Wildman–Crippen LogP) is 1.43. The molecule has 1 heterocycles. The van der Waals surface area contributed by atoms with Gasteiger partial charge in [-0.05, 0) is 24.8 Å². The maximum absolute atomic E-state index is 8.56. The molecule has 1 aliphatic rings. The Balaban J connectivity index is 2.10. The van der Waals surface area contributed by atoms with Crippen LogP contribution in [0, 0.1) is 0 Å². The second kappa shape index (κ2) is 5.30. The van der Waals surface area contributed by atoms with E-state index in [-0.39, 0.29) is 12.7 Å². The lowest BCUT2D eigenvalue weighted by molar-refractivity contribution is -0.267. The van der Waals surface area contributed by atoms with Gasteiger partial charge in [-0.3, -0.25) is 0 Å². The molecule has 0 aromatic carbocycles. The van der Waals surface area contributed by atoms with E-state index in [1.54, 1.807) is 0 Å². The summed E-state index contributed by atoms with van der Waals surface area (Å²) < 4.78 is 0. The fourth-order valence-corrected chi connectivity index (χ4v) is 1.23. The van der Waals surface area contributed by atoms with Crippen molar-refractivity contribution < 1.29 is 14.9 Å². The molecule has 3 heteroatoms. The Bertz CT molecular complexity index is 139. The Morgan fingerprint density at radius 2 is 2.33 bits per heavy atom. The molecule has 1 N–H and O–H groups in total. The van der Waals surface area contributed by atoms with Crippen LogP contribution in [0.5, 0.6) is 0 Å². The van der Waals surface area contributed by atoms with Gasteiger partial charge in [0.15, 0.2) is 0 Å². The topological polar surface area (TPSA) is 38.7 Å². The van der Waals surface area contributed by atoms with E-state index < -0.39 is 0 Å².